The van der Waals surface area contributed by atoms with Crippen molar-refractivity contribution in [3.8, 4) is 0 Å². The maximum Gasteiger partial charge on any atom is 0.243 e. The summed E-state index contributed by atoms with van der Waals surface area (Å²) >= 11 is 0. The fourth-order valence-electron chi connectivity index (χ4n) is 4.94. The van der Waals surface area contributed by atoms with E-state index < -0.39 is 10.0 Å². The molecule has 2 aromatic carbocycles. The maximum atomic E-state index is 13.4. The number of fused-ring (bicyclic) bond motifs is 2. The molecule has 1 amide bonds. The molecule has 3 heterocycles. The van der Waals surface area contributed by atoms with Crippen LogP contribution in [0.5, 0.6) is 0 Å². The zero-order chi connectivity index (χ0) is 23.7. The highest BCUT2D eigenvalue weighted by atomic mass is 32.2. The summed E-state index contributed by atoms with van der Waals surface area (Å²) in [7, 11) is -3.66. The van der Waals surface area contributed by atoms with Gasteiger partial charge in [0.1, 0.15) is 0 Å². The topological polar surface area (TPSA) is 87.2 Å². The summed E-state index contributed by atoms with van der Waals surface area (Å²) in [5.74, 6) is -0.411. The van der Waals surface area contributed by atoms with Crippen LogP contribution in [0.3, 0.4) is 0 Å². The van der Waals surface area contributed by atoms with E-state index >= 15 is 0 Å². The first-order chi connectivity index (χ1) is 16.5. The first-order valence-electron chi connectivity index (χ1n) is 11.9. The van der Waals surface area contributed by atoms with Gasteiger partial charge in [0.15, 0.2) is 0 Å². The molecule has 0 radical (unpaired) electrons. The molecule has 1 atom stereocenters. The van der Waals surface area contributed by atoms with Crippen LogP contribution in [0.25, 0.3) is 21.8 Å². The highest BCUT2D eigenvalue weighted by Crippen LogP contribution is 2.27. The van der Waals surface area contributed by atoms with Gasteiger partial charge in [-0.15, -0.1) is 0 Å². The molecule has 7 nitrogen and oxygen atoms in total. The van der Waals surface area contributed by atoms with E-state index in [0.29, 0.717) is 25.9 Å². The third-order valence-electron chi connectivity index (χ3n) is 6.84. The van der Waals surface area contributed by atoms with Crippen molar-refractivity contribution >= 4 is 37.7 Å². The number of aromatic amines is 1. The van der Waals surface area contributed by atoms with E-state index in [4.69, 9.17) is 0 Å². The lowest BCUT2D eigenvalue weighted by atomic mass is 9.99. The van der Waals surface area contributed by atoms with Crippen molar-refractivity contribution in [2.75, 3.05) is 19.6 Å². The Morgan fingerprint density at radius 1 is 1.18 bits per heavy atom. The largest absolute Gasteiger partial charge is 0.361 e. The molecular weight excluding hydrogens is 448 g/mol. The number of amides is 1. The van der Waals surface area contributed by atoms with E-state index in [1.54, 1.807) is 12.1 Å². The molecule has 0 spiro atoms. The van der Waals surface area contributed by atoms with Gasteiger partial charge in [-0.1, -0.05) is 18.2 Å². The Balaban J connectivity index is 1.23. The standard InChI is InChI=1S/C26H30N4O3S/c1-2-29-15-12-19-16-22(9-10-25(19)29)34(32,33)30-14-5-6-21(18-30)26(31)27-13-11-20-17-28-24-8-4-3-7-23(20)24/h3-4,7-10,12,15-17,21,28H,2,5-6,11,13-14,18H2,1H3,(H,27,31). The van der Waals surface area contributed by atoms with Crippen LogP contribution in [0.1, 0.15) is 25.3 Å². The number of sulfonamides is 1. The normalized spacial score (nSPS) is 17.4. The number of carbonyl (C=O) groups excluding carboxylic acids is 1. The molecule has 1 saturated heterocycles. The molecule has 2 N–H and O–H groups in total. The van der Waals surface area contributed by atoms with Crippen LogP contribution in [0.15, 0.2) is 65.8 Å². The molecule has 178 valence electrons. The number of nitrogens with zero attached hydrogens (tertiary/aromatic N) is 2. The average molecular weight is 479 g/mol. The summed E-state index contributed by atoms with van der Waals surface area (Å²) in [5, 5.41) is 5.10. The van der Waals surface area contributed by atoms with E-state index in [0.717, 1.165) is 40.3 Å². The average Bonchev–Trinajstić information content (AvgIpc) is 3.47. The molecule has 0 aliphatic carbocycles. The summed E-state index contributed by atoms with van der Waals surface area (Å²) in [6.07, 6.45) is 6.05. The predicted molar refractivity (Wildman–Crippen MR) is 134 cm³/mol. The van der Waals surface area contributed by atoms with Gasteiger partial charge in [0.05, 0.1) is 10.8 Å². The van der Waals surface area contributed by atoms with E-state index in [1.165, 1.54) is 4.31 Å². The van der Waals surface area contributed by atoms with E-state index in [9.17, 15) is 13.2 Å². The molecule has 0 saturated carbocycles. The van der Waals surface area contributed by atoms with Crippen LogP contribution in [0.4, 0.5) is 0 Å². The second-order valence-electron chi connectivity index (χ2n) is 8.93. The quantitative estimate of drug-likeness (QED) is 0.422. The van der Waals surface area contributed by atoms with Gasteiger partial charge < -0.3 is 14.9 Å². The van der Waals surface area contributed by atoms with Gasteiger partial charge in [-0.3, -0.25) is 4.79 Å². The van der Waals surface area contributed by atoms with Crippen molar-refractivity contribution in [1.82, 2.24) is 19.2 Å². The number of nitrogens with one attached hydrogen (secondary N) is 2. The lowest BCUT2D eigenvalue weighted by Crippen LogP contribution is -2.45. The van der Waals surface area contributed by atoms with Crippen LogP contribution in [0, 0.1) is 5.92 Å². The Labute approximate surface area is 199 Å². The minimum Gasteiger partial charge on any atom is -0.361 e. The highest BCUT2D eigenvalue weighted by Gasteiger charge is 2.33. The number of aromatic nitrogens is 2. The Morgan fingerprint density at radius 2 is 2.03 bits per heavy atom. The Kier molecular flexibility index (Phi) is 6.18. The van der Waals surface area contributed by atoms with Crippen molar-refractivity contribution < 1.29 is 13.2 Å². The Morgan fingerprint density at radius 3 is 2.88 bits per heavy atom. The zero-order valence-corrected chi connectivity index (χ0v) is 20.1. The van der Waals surface area contributed by atoms with E-state index in [-0.39, 0.29) is 23.3 Å². The number of hydrogen-bond donors (Lipinski definition) is 2. The third kappa shape index (κ3) is 4.23. The van der Waals surface area contributed by atoms with Gasteiger partial charge >= 0.3 is 0 Å². The summed E-state index contributed by atoms with van der Waals surface area (Å²) in [5.41, 5.74) is 3.27. The second-order valence-corrected chi connectivity index (χ2v) is 10.9. The molecule has 1 unspecified atom stereocenters. The SMILES string of the molecule is CCn1ccc2cc(S(=O)(=O)N3CCCC(C(=O)NCCc4c[nH]c5ccccc45)C3)ccc21. The van der Waals surface area contributed by atoms with Gasteiger partial charge in [0.25, 0.3) is 0 Å². The smallest absolute Gasteiger partial charge is 0.243 e. The summed E-state index contributed by atoms with van der Waals surface area (Å²) in [6.45, 7) is 4.07. The zero-order valence-electron chi connectivity index (χ0n) is 19.3. The Hall–Kier alpha value is -3.10. The first-order valence-corrected chi connectivity index (χ1v) is 13.3. The number of hydrogen-bond acceptors (Lipinski definition) is 3. The van der Waals surface area contributed by atoms with Crippen LogP contribution in [-0.2, 0) is 27.8 Å². The molecular formula is C26H30N4O3S. The van der Waals surface area contributed by atoms with Crippen molar-refractivity contribution in [3.05, 3.63) is 66.5 Å². The maximum absolute atomic E-state index is 13.4. The predicted octanol–water partition coefficient (Wildman–Crippen LogP) is 3.90. The minimum atomic E-state index is -3.66. The number of aryl methyl sites for hydroxylation is 1. The van der Waals surface area contributed by atoms with Crippen molar-refractivity contribution in [1.29, 1.82) is 0 Å². The third-order valence-corrected chi connectivity index (χ3v) is 8.71. The van der Waals surface area contributed by atoms with Crippen LogP contribution in [-0.4, -0.2) is 47.8 Å². The number of piperidine rings is 1. The molecule has 1 fully saturated rings. The summed E-state index contributed by atoms with van der Waals surface area (Å²) < 4.78 is 30.3. The Bertz CT molecular complexity index is 1440. The van der Waals surface area contributed by atoms with Gasteiger partial charge in [0.2, 0.25) is 15.9 Å². The molecule has 5 rings (SSSR count). The second kappa shape index (κ2) is 9.27. The summed E-state index contributed by atoms with van der Waals surface area (Å²) in [4.78, 5) is 16.4. The first kappa shape index (κ1) is 22.7. The van der Waals surface area contributed by atoms with Gasteiger partial charge in [-0.05, 0) is 62.1 Å². The number of H-pyrrole nitrogens is 1. The molecule has 1 aliphatic heterocycles. The molecule has 2 aromatic heterocycles. The van der Waals surface area contributed by atoms with E-state index in [1.807, 2.05) is 42.7 Å². The van der Waals surface area contributed by atoms with E-state index in [2.05, 4.69) is 27.9 Å². The summed E-state index contributed by atoms with van der Waals surface area (Å²) in [6, 6.07) is 15.3. The monoisotopic (exact) mass is 478 g/mol. The van der Waals surface area contributed by atoms with Gasteiger partial charge in [0, 0.05) is 60.4 Å². The number of benzene rings is 2. The number of rotatable bonds is 7. The van der Waals surface area contributed by atoms with Gasteiger partial charge in [-0.25, -0.2) is 8.42 Å². The highest BCUT2D eigenvalue weighted by molar-refractivity contribution is 7.89. The molecule has 1 aliphatic rings. The molecule has 8 heteroatoms. The van der Waals surface area contributed by atoms with Crippen LogP contribution < -0.4 is 5.32 Å². The lowest BCUT2D eigenvalue weighted by Gasteiger charge is -2.31. The number of para-hydroxylation sites is 1. The van der Waals surface area contributed by atoms with Crippen molar-refractivity contribution in [2.45, 2.75) is 37.6 Å². The fraction of sp³-hybridized carbons (Fsp3) is 0.346. The fourth-order valence-corrected chi connectivity index (χ4v) is 6.50. The lowest BCUT2D eigenvalue weighted by molar-refractivity contribution is -0.126. The van der Waals surface area contributed by atoms with Crippen LogP contribution in [0.2, 0.25) is 0 Å². The molecule has 4 aromatic rings. The molecule has 34 heavy (non-hydrogen) atoms. The molecule has 0 bridgehead atoms. The van der Waals surface area contributed by atoms with Gasteiger partial charge in [-0.2, -0.15) is 4.31 Å². The van der Waals surface area contributed by atoms with Crippen molar-refractivity contribution in [3.63, 3.8) is 0 Å². The van der Waals surface area contributed by atoms with Crippen LogP contribution >= 0.6 is 0 Å². The number of carbonyl (C=O) groups is 1. The van der Waals surface area contributed by atoms with Crippen molar-refractivity contribution in [2.24, 2.45) is 5.92 Å². The minimum absolute atomic E-state index is 0.0739.